The zero-order valence-corrected chi connectivity index (χ0v) is 19.6. The third-order valence-electron chi connectivity index (χ3n) is 5.42. The first-order valence-corrected chi connectivity index (χ1v) is 10.4. The van der Waals surface area contributed by atoms with Crippen molar-refractivity contribution in [2.75, 3.05) is 7.11 Å². The van der Waals surface area contributed by atoms with Crippen molar-refractivity contribution in [2.24, 2.45) is 0 Å². The van der Waals surface area contributed by atoms with Crippen LogP contribution in [0.1, 0.15) is 15.9 Å². The predicted molar refractivity (Wildman–Crippen MR) is 120 cm³/mol. The normalized spacial score (nSPS) is 10.7. The molecule has 2 heterocycles. The molecule has 0 fully saturated rings. The minimum Gasteiger partial charge on any atom is -1.00 e. The van der Waals surface area contributed by atoms with Crippen molar-refractivity contribution in [2.45, 2.75) is 13.1 Å². The van der Waals surface area contributed by atoms with Crippen molar-refractivity contribution in [3.8, 4) is 17.1 Å². The van der Waals surface area contributed by atoms with E-state index < -0.39 is 0 Å². The number of methoxy groups -OCH3 is 1. The van der Waals surface area contributed by atoms with E-state index in [1.54, 1.807) is 42.3 Å². The van der Waals surface area contributed by atoms with Crippen molar-refractivity contribution >= 4 is 16.8 Å². The number of carbonyl (C=O) groups excluding carboxylic acids is 1. The van der Waals surface area contributed by atoms with E-state index in [4.69, 9.17) is 9.15 Å². The van der Waals surface area contributed by atoms with Gasteiger partial charge in [0.25, 0.3) is 6.33 Å². The third-order valence-corrected chi connectivity index (χ3v) is 5.42. The molecule has 0 amide bonds. The first-order chi connectivity index (χ1) is 15.7. The molecule has 0 bridgehead atoms. The number of aromatic nitrogens is 3. The number of furan rings is 1. The van der Waals surface area contributed by atoms with Crippen LogP contribution in [0, 0.1) is 0 Å². The molecule has 0 aliphatic carbocycles. The molecule has 5 rings (SSSR count). The number of para-hydroxylation sites is 1. The Bertz CT molecular complexity index is 1380. The molecule has 166 valence electrons. The molecule has 0 radical (unpaired) electrons. The maximum Gasteiger partial charge on any atom is 0.265 e. The highest BCUT2D eigenvalue weighted by atomic mass is 79.9. The van der Waals surface area contributed by atoms with Gasteiger partial charge >= 0.3 is 0 Å². The average Bonchev–Trinajstić information content (AvgIpc) is 3.44. The molecule has 0 aliphatic rings. The number of rotatable bonds is 7. The summed E-state index contributed by atoms with van der Waals surface area (Å²) in [5.74, 6) is 1.57. The van der Waals surface area contributed by atoms with Gasteiger partial charge < -0.3 is 26.1 Å². The van der Waals surface area contributed by atoms with Crippen LogP contribution in [0.4, 0.5) is 0 Å². The largest absolute Gasteiger partial charge is 1.00 e. The van der Waals surface area contributed by atoms with Gasteiger partial charge in [0.1, 0.15) is 30.2 Å². The summed E-state index contributed by atoms with van der Waals surface area (Å²) < 4.78 is 15.0. The Morgan fingerprint density at radius 1 is 1.00 bits per heavy atom. The highest BCUT2D eigenvalue weighted by Gasteiger charge is 2.20. The molecule has 0 saturated carbocycles. The summed E-state index contributed by atoms with van der Waals surface area (Å²) in [5, 5.41) is 5.53. The van der Waals surface area contributed by atoms with Crippen LogP contribution >= 0.6 is 0 Å². The molecule has 33 heavy (non-hydrogen) atoms. The summed E-state index contributed by atoms with van der Waals surface area (Å²) in [7, 11) is 1.60. The van der Waals surface area contributed by atoms with Crippen LogP contribution in [0.2, 0.25) is 0 Å². The van der Waals surface area contributed by atoms with Crippen molar-refractivity contribution < 1.29 is 35.5 Å². The maximum absolute atomic E-state index is 12.6. The number of ether oxygens (including phenoxy) is 1. The Kier molecular flexibility index (Phi) is 6.70. The first kappa shape index (κ1) is 22.5. The minimum atomic E-state index is 0. The van der Waals surface area contributed by atoms with E-state index in [1.807, 2.05) is 59.5 Å². The quantitative estimate of drug-likeness (QED) is 0.249. The number of Topliss-reactive ketones (excluding diaryl/α,β-unsaturated/α-hetero) is 1. The fourth-order valence-electron chi connectivity index (χ4n) is 3.80. The Morgan fingerprint density at radius 3 is 2.48 bits per heavy atom. The Hall–Kier alpha value is -3.71. The van der Waals surface area contributed by atoms with Gasteiger partial charge in [-0.1, -0.05) is 48.5 Å². The Morgan fingerprint density at radius 2 is 1.73 bits per heavy atom. The number of hydrogen-bond acceptors (Lipinski definition) is 4. The van der Waals surface area contributed by atoms with Gasteiger partial charge in [-0.3, -0.25) is 4.79 Å². The van der Waals surface area contributed by atoms with E-state index in [1.165, 1.54) is 0 Å². The van der Waals surface area contributed by atoms with E-state index in [2.05, 4.69) is 11.2 Å². The van der Waals surface area contributed by atoms with Crippen LogP contribution in [-0.2, 0) is 13.1 Å². The number of nitrogens with zero attached hydrogens (tertiary/aromatic N) is 3. The third kappa shape index (κ3) is 4.73. The molecule has 0 unspecified atom stereocenters. The highest BCUT2D eigenvalue weighted by Crippen LogP contribution is 2.33. The molecule has 0 saturated heterocycles. The van der Waals surface area contributed by atoms with E-state index in [0.29, 0.717) is 12.1 Å². The fraction of sp³-hybridized carbons (Fsp3) is 0.115. The summed E-state index contributed by atoms with van der Waals surface area (Å²) >= 11 is 0. The maximum atomic E-state index is 12.6. The molecular formula is C26H22BrN3O3. The monoisotopic (exact) mass is 503 g/mol. The molecule has 2 aromatic heterocycles. The predicted octanol–water partition coefficient (Wildman–Crippen LogP) is 1.53. The molecule has 3 aromatic carbocycles. The van der Waals surface area contributed by atoms with Crippen LogP contribution in [0.3, 0.4) is 0 Å². The fourth-order valence-corrected chi connectivity index (χ4v) is 3.80. The summed E-state index contributed by atoms with van der Waals surface area (Å²) in [6.07, 6.45) is 3.52. The summed E-state index contributed by atoms with van der Waals surface area (Å²) in [5.41, 5.74) is 3.56. The van der Waals surface area contributed by atoms with Crippen LogP contribution < -0.4 is 26.3 Å². The Labute approximate surface area is 201 Å². The van der Waals surface area contributed by atoms with Gasteiger partial charge in [0.15, 0.2) is 5.78 Å². The molecule has 0 N–H and O–H groups in total. The van der Waals surface area contributed by atoms with Crippen LogP contribution in [0.25, 0.3) is 22.3 Å². The molecule has 0 atom stereocenters. The molecule has 0 aliphatic heterocycles. The molecule has 5 aromatic rings. The number of ketones is 1. The highest BCUT2D eigenvalue weighted by molar-refractivity contribution is 5.95. The topological polar surface area (TPSA) is 61.1 Å². The van der Waals surface area contributed by atoms with Gasteiger partial charge in [0.2, 0.25) is 6.33 Å². The summed E-state index contributed by atoms with van der Waals surface area (Å²) in [6.45, 7) is 0.745. The van der Waals surface area contributed by atoms with Gasteiger partial charge in [0.05, 0.1) is 7.11 Å². The molecular weight excluding hydrogens is 482 g/mol. The van der Waals surface area contributed by atoms with Gasteiger partial charge in [-0.25, -0.2) is 4.57 Å². The van der Waals surface area contributed by atoms with Gasteiger partial charge in [-0.05, 0) is 30.3 Å². The smallest absolute Gasteiger partial charge is 0.265 e. The summed E-state index contributed by atoms with van der Waals surface area (Å²) in [6, 6.07) is 25.2. The number of halogens is 1. The lowest BCUT2D eigenvalue weighted by Gasteiger charge is -2.02. The second-order valence-electron chi connectivity index (χ2n) is 7.54. The zero-order valence-electron chi connectivity index (χ0n) is 18.0. The number of hydrogen-bond donors (Lipinski definition) is 0. The molecule has 7 heteroatoms. The van der Waals surface area contributed by atoms with E-state index in [0.717, 1.165) is 33.6 Å². The van der Waals surface area contributed by atoms with Crippen molar-refractivity contribution in [1.29, 1.82) is 0 Å². The lowest BCUT2D eigenvalue weighted by molar-refractivity contribution is -0.683. The van der Waals surface area contributed by atoms with Crippen molar-refractivity contribution in [3.05, 3.63) is 103 Å². The van der Waals surface area contributed by atoms with Crippen LogP contribution in [-0.4, -0.2) is 22.7 Å². The lowest BCUT2D eigenvalue weighted by Crippen LogP contribution is -3.00. The number of benzene rings is 3. The molecule has 0 spiro atoms. The number of carbonyl (C=O) groups is 1. The van der Waals surface area contributed by atoms with Gasteiger partial charge in [-0.2, -0.15) is 0 Å². The van der Waals surface area contributed by atoms with E-state index in [9.17, 15) is 4.79 Å². The van der Waals surface area contributed by atoms with Gasteiger partial charge in [0, 0.05) is 27.2 Å². The van der Waals surface area contributed by atoms with Gasteiger partial charge in [-0.15, -0.1) is 4.68 Å². The van der Waals surface area contributed by atoms with Crippen molar-refractivity contribution in [1.82, 2.24) is 9.78 Å². The van der Waals surface area contributed by atoms with Crippen LogP contribution in [0.5, 0.6) is 5.75 Å². The van der Waals surface area contributed by atoms with E-state index >= 15 is 0 Å². The lowest BCUT2D eigenvalue weighted by atomic mass is 10.1. The Balaban J connectivity index is 0.00000259. The standard InChI is InChI=1S/C26H22N3O3.BrH/c1-31-21-13-11-19(12-14-21)24(30)16-28-17-27-29(18-28)15-23-22-9-5-6-10-25(22)32-26(23)20-7-3-2-4-8-20;/h2-14,17-18H,15-16H2,1H3;1H/q+1;/p-1. The van der Waals surface area contributed by atoms with Crippen LogP contribution in [0.15, 0.2) is 95.9 Å². The second-order valence-corrected chi connectivity index (χ2v) is 7.54. The summed E-state index contributed by atoms with van der Waals surface area (Å²) in [4.78, 5) is 12.6. The SMILES string of the molecule is COc1ccc(C(=O)C[n+]2cnn(Cc3c(-c4ccccc4)oc4ccccc34)c2)cc1.[Br-]. The second kappa shape index (κ2) is 9.83. The first-order valence-electron chi connectivity index (χ1n) is 10.4. The zero-order chi connectivity index (χ0) is 21.9. The number of fused-ring (bicyclic) bond motifs is 1. The minimum absolute atomic E-state index is 0. The molecule has 6 nitrogen and oxygen atoms in total. The van der Waals surface area contributed by atoms with Crippen molar-refractivity contribution in [3.63, 3.8) is 0 Å². The average molecular weight is 504 g/mol. The van der Waals surface area contributed by atoms with E-state index in [-0.39, 0.29) is 29.3 Å².